The third-order valence-corrected chi connectivity index (χ3v) is 7.38. The van der Waals surface area contributed by atoms with Crippen molar-refractivity contribution in [2.24, 2.45) is 0 Å². The van der Waals surface area contributed by atoms with Crippen LogP contribution in [0.4, 0.5) is 5.69 Å². The third kappa shape index (κ3) is 3.89. The first-order chi connectivity index (χ1) is 15.5. The minimum absolute atomic E-state index is 0.0109. The second kappa shape index (κ2) is 8.46. The van der Waals surface area contributed by atoms with Crippen LogP contribution in [0.2, 0.25) is 10.0 Å². The average Bonchev–Trinajstić information content (AvgIpc) is 3.62. The molecule has 3 nitrogen and oxygen atoms in total. The molecule has 2 fully saturated rings. The average molecular weight is 465 g/mol. The fourth-order valence-electron chi connectivity index (χ4n) is 4.88. The van der Waals surface area contributed by atoms with Gasteiger partial charge in [-0.1, -0.05) is 71.7 Å². The Hall–Kier alpha value is -2.49. The SMILES string of the molecule is Cc1ccc(N2CCN(C(=O)C3(c4ccccc4)CC3)C[C@H]2c2ccc(Cl)cc2)c(Cl)c1. The van der Waals surface area contributed by atoms with E-state index < -0.39 is 0 Å². The molecule has 0 unspecified atom stereocenters. The first-order valence-electron chi connectivity index (χ1n) is 11.1. The van der Waals surface area contributed by atoms with Crippen molar-refractivity contribution in [3.05, 3.63) is 99.5 Å². The summed E-state index contributed by atoms with van der Waals surface area (Å²) >= 11 is 12.8. The highest BCUT2D eigenvalue weighted by Crippen LogP contribution is 2.50. The molecule has 1 saturated carbocycles. The maximum Gasteiger partial charge on any atom is 0.233 e. The smallest absolute Gasteiger partial charge is 0.233 e. The van der Waals surface area contributed by atoms with Crippen LogP contribution in [0.25, 0.3) is 0 Å². The zero-order valence-electron chi connectivity index (χ0n) is 18.1. The lowest BCUT2D eigenvalue weighted by atomic mass is 9.93. The number of aryl methyl sites for hydroxylation is 1. The molecule has 2 aliphatic rings. The van der Waals surface area contributed by atoms with Gasteiger partial charge in [0.05, 0.1) is 22.2 Å². The number of carbonyl (C=O) groups excluding carboxylic acids is 1. The molecule has 5 rings (SSSR count). The van der Waals surface area contributed by atoms with E-state index in [1.54, 1.807) is 0 Å². The van der Waals surface area contributed by atoms with Crippen LogP contribution >= 0.6 is 23.2 Å². The first kappa shape index (κ1) is 21.4. The summed E-state index contributed by atoms with van der Waals surface area (Å²) in [7, 11) is 0. The van der Waals surface area contributed by atoms with Gasteiger partial charge in [-0.3, -0.25) is 4.79 Å². The molecule has 0 spiro atoms. The standard InChI is InChI=1S/C27H26Cl2N2O/c1-19-7-12-24(23(29)17-19)31-16-15-30(18-25(31)20-8-10-22(28)11-9-20)26(32)27(13-14-27)21-5-3-2-4-6-21/h2-12,17,25H,13-16,18H2,1H3/t25-/m0/s1. The molecule has 0 aromatic heterocycles. The van der Waals surface area contributed by atoms with E-state index in [0.717, 1.165) is 46.8 Å². The van der Waals surface area contributed by atoms with Crippen molar-refractivity contribution in [1.29, 1.82) is 0 Å². The van der Waals surface area contributed by atoms with Crippen molar-refractivity contribution >= 4 is 34.8 Å². The van der Waals surface area contributed by atoms with E-state index in [2.05, 4.69) is 46.2 Å². The van der Waals surface area contributed by atoms with Gasteiger partial charge >= 0.3 is 0 Å². The summed E-state index contributed by atoms with van der Waals surface area (Å²) in [6.45, 7) is 4.08. The largest absolute Gasteiger partial charge is 0.360 e. The van der Waals surface area contributed by atoms with Gasteiger partial charge in [0.15, 0.2) is 0 Å². The fraction of sp³-hybridized carbons (Fsp3) is 0.296. The maximum atomic E-state index is 13.7. The number of benzene rings is 3. The fourth-order valence-corrected chi connectivity index (χ4v) is 5.35. The molecule has 0 N–H and O–H groups in total. The lowest BCUT2D eigenvalue weighted by Crippen LogP contribution is -2.53. The van der Waals surface area contributed by atoms with Crippen LogP contribution in [-0.4, -0.2) is 30.4 Å². The van der Waals surface area contributed by atoms with Crippen molar-refractivity contribution in [2.75, 3.05) is 24.5 Å². The molecule has 5 heteroatoms. The number of hydrogen-bond acceptors (Lipinski definition) is 2. The first-order valence-corrected chi connectivity index (χ1v) is 11.9. The second-order valence-corrected chi connectivity index (χ2v) is 9.76. The molecule has 0 radical (unpaired) electrons. The third-order valence-electron chi connectivity index (χ3n) is 6.82. The topological polar surface area (TPSA) is 23.6 Å². The molecule has 32 heavy (non-hydrogen) atoms. The highest BCUT2D eigenvalue weighted by molar-refractivity contribution is 6.33. The van der Waals surface area contributed by atoms with Gasteiger partial charge in [0.1, 0.15) is 0 Å². The number of anilines is 1. The Morgan fingerprint density at radius 1 is 0.938 bits per heavy atom. The number of amides is 1. The Morgan fingerprint density at radius 2 is 1.66 bits per heavy atom. The summed E-state index contributed by atoms with van der Waals surface area (Å²) in [5, 5.41) is 1.45. The van der Waals surface area contributed by atoms with Crippen molar-refractivity contribution in [3.8, 4) is 0 Å². The van der Waals surface area contributed by atoms with Gasteiger partial charge in [-0.15, -0.1) is 0 Å². The number of piperazine rings is 1. The Kier molecular flexibility index (Phi) is 5.65. The van der Waals surface area contributed by atoms with E-state index >= 15 is 0 Å². The summed E-state index contributed by atoms with van der Waals surface area (Å²) in [5.74, 6) is 0.248. The Balaban J connectivity index is 1.47. The van der Waals surface area contributed by atoms with E-state index in [4.69, 9.17) is 23.2 Å². The van der Waals surface area contributed by atoms with Gasteiger partial charge in [-0.2, -0.15) is 0 Å². The summed E-state index contributed by atoms with van der Waals surface area (Å²) in [6, 6.07) is 24.4. The van der Waals surface area contributed by atoms with Crippen molar-refractivity contribution < 1.29 is 4.79 Å². The highest BCUT2D eigenvalue weighted by atomic mass is 35.5. The van der Waals surface area contributed by atoms with E-state index in [1.165, 1.54) is 0 Å². The summed E-state index contributed by atoms with van der Waals surface area (Å²) in [5.41, 5.74) is 4.06. The molecule has 1 aliphatic heterocycles. The van der Waals surface area contributed by atoms with Crippen molar-refractivity contribution in [3.63, 3.8) is 0 Å². The molecule has 1 amide bonds. The highest BCUT2D eigenvalue weighted by Gasteiger charge is 2.53. The molecule has 1 saturated heterocycles. The minimum atomic E-state index is -0.352. The molecule has 1 atom stereocenters. The van der Waals surface area contributed by atoms with E-state index in [1.807, 2.05) is 43.3 Å². The summed E-state index contributed by atoms with van der Waals surface area (Å²) in [6.07, 6.45) is 1.84. The van der Waals surface area contributed by atoms with Crippen LogP contribution in [0, 0.1) is 6.92 Å². The van der Waals surface area contributed by atoms with E-state index in [-0.39, 0.29) is 17.4 Å². The molecular weight excluding hydrogens is 439 g/mol. The Bertz CT molecular complexity index is 1130. The number of halogens is 2. The molecule has 164 valence electrons. The van der Waals surface area contributed by atoms with Gasteiger partial charge in [0.25, 0.3) is 0 Å². The number of hydrogen-bond donors (Lipinski definition) is 0. The van der Waals surface area contributed by atoms with Crippen LogP contribution in [-0.2, 0) is 10.2 Å². The zero-order chi connectivity index (χ0) is 22.3. The monoisotopic (exact) mass is 464 g/mol. The Labute approximate surface area is 199 Å². The van der Waals surface area contributed by atoms with E-state index in [9.17, 15) is 4.79 Å². The molecule has 3 aromatic carbocycles. The van der Waals surface area contributed by atoms with Gasteiger partial charge in [-0.25, -0.2) is 0 Å². The van der Waals surface area contributed by atoms with Crippen LogP contribution in [0.5, 0.6) is 0 Å². The van der Waals surface area contributed by atoms with Gasteiger partial charge in [-0.05, 0) is 60.7 Å². The second-order valence-electron chi connectivity index (χ2n) is 8.91. The normalized spacial score (nSPS) is 19.7. The molecule has 0 bridgehead atoms. The van der Waals surface area contributed by atoms with Gasteiger partial charge in [0, 0.05) is 24.7 Å². The molecule has 1 aliphatic carbocycles. The molecule has 1 heterocycles. The van der Waals surface area contributed by atoms with Gasteiger partial charge in [0.2, 0.25) is 5.91 Å². The summed E-state index contributed by atoms with van der Waals surface area (Å²) in [4.78, 5) is 18.1. The van der Waals surface area contributed by atoms with Crippen molar-refractivity contribution in [1.82, 2.24) is 4.90 Å². The number of nitrogens with zero attached hydrogens (tertiary/aromatic N) is 2. The van der Waals surface area contributed by atoms with Crippen LogP contribution in [0.3, 0.4) is 0 Å². The predicted molar refractivity (Wildman–Crippen MR) is 132 cm³/mol. The molecule has 3 aromatic rings. The lowest BCUT2D eigenvalue weighted by Gasteiger charge is -2.44. The quantitative estimate of drug-likeness (QED) is 0.444. The molecular formula is C27H26Cl2N2O. The van der Waals surface area contributed by atoms with E-state index in [0.29, 0.717) is 18.1 Å². The Morgan fingerprint density at radius 3 is 2.31 bits per heavy atom. The maximum absolute atomic E-state index is 13.7. The van der Waals surface area contributed by atoms with Crippen LogP contribution in [0.1, 0.15) is 35.6 Å². The minimum Gasteiger partial charge on any atom is -0.360 e. The van der Waals surface area contributed by atoms with Crippen LogP contribution in [0.15, 0.2) is 72.8 Å². The predicted octanol–water partition coefficient (Wildman–Crippen LogP) is 6.42. The van der Waals surface area contributed by atoms with Crippen LogP contribution < -0.4 is 4.90 Å². The number of rotatable bonds is 4. The number of carbonyl (C=O) groups is 1. The lowest BCUT2D eigenvalue weighted by molar-refractivity contribution is -0.134. The van der Waals surface area contributed by atoms with Crippen molar-refractivity contribution in [2.45, 2.75) is 31.2 Å². The van der Waals surface area contributed by atoms with Gasteiger partial charge < -0.3 is 9.80 Å². The summed E-state index contributed by atoms with van der Waals surface area (Å²) < 4.78 is 0. The zero-order valence-corrected chi connectivity index (χ0v) is 19.6.